The van der Waals surface area contributed by atoms with Crippen LogP contribution in [0.5, 0.6) is 0 Å². The first-order valence-corrected chi connectivity index (χ1v) is 7.89. The van der Waals surface area contributed by atoms with Crippen molar-refractivity contribution >= 4 is 16.7 Å². The average Bonchev–Trinajstić information content (AvgIpc) is 2.97. The van der Waals surface area contributed by atoms with E-state index in [2.05, 4.69) is 20.2 Å². The molecule has 0 spiro atoms. The van der Waals surface area contributed by atoms with Crippen LogP contribution in [-0.2, 0) is 6.18 Å². The number of hydrogen-bond acceptors (Lipinski definition) is 3. The van der Waals surface area contributed by atoms with E-state index in [4.69, 9.17) is 0 Å². The number of nitrogens with zero attached hydrogens (tertiary/aromatic N) is 2. The van der Waals surface area contributed by atoms with Crippen LogP contribution < -0.4 is 5.32 Å². The van der Waals surface area contributed by atoms with Gasteiger partial charge in [-0.3, -0.25) is 0 Å². The summed E-state index contributed by atoms with van der Waals surface area (Å²) in [6, 6.07) is 11.2. The molecule has 132 valence electrons. The van der Waals surface area contributed by atoms with Gasteiger partial charge in [-0.15, -0.1) is 0 Å². The number of benzene rings is 2. The maximum atomic E-state index is 12.8. The summed E-state index contributed by atoms with van der Waals surface area (Å²) in [6.07, 6.45) is -4.37. The second-order valence-corrected chi connectivity index (χ2v) is 6.12. The molecule has 0 saturated carbocycles. The summed E-state index contributed by atoms with van der Waals surface area (Å²) in [6.45, 7) is 1.75. The molecule has 1 heterocycles. The molecule has 0 radical (unpaired) electrons. The quantitative estimate of drug-likeness (QED) is 0.725. The van der Waals surface area contributed by atoms with E-state index in [0.717, 1.165) is 36.5 Å². The number of aromatic nitrogens is 2. The van der Waals surface area contributed by atoms with Gasteiger partial charge in [0.1, 0.15) is 5.82 Å². The third kappa shape index (κ3) is 4.11. The molecule has 0 amide bonds. The van der Waals surface area contributed by atoms with Crippen LogP contribution in [0.15, 0.2) is 42.5 Å². The summed E-state index contributed by atoms with van der Waals surface area (Å²) in [5.41, 5.74) is 2.00. The Hall–Kier alpha value is -2.54. The van der Waals surface area contributed by atoms with Gasteiger partial charge in [0, 0.05) is 24.3 Å². The first kappa shape index (κ1) is 17.3. The van der Waals surface area contributed by atoms with Gasteiger partial charge in [0.05, 0.1) is 16.6 Å². The van der Waals surface area contributed by atoms with Crippen LogP contribution >= 0.6 is 0 Å². The summed E-state index contributed by atoms with van der Waals surface area (Å²) in [5.74, 6) is 0.550. The average molecular weight is 348 g/mol. The molecular weight excluding hydrogens is 329 g/mol. The normalized spacial score (nSPS) is 12.1. The van der Waals surface area contributed by atoms with Gasteiger partial charge in [-0.05, 0) is 56.6 Å². The van der Waals surface area contributed by atoms with Crippen molar-refractivity contribution in [2.24, 2.45) is 0 Å². The van der Waals surface area contributed by atoms with Crippen molar-refractivity contribution in [1.29, 1.82) is 0 Å². The number of hydrogen-bond donors (Lipinski definition) is 2. The molecule has 25 heavy (non-hydrogen) atoms. The number of alkyl halides is 3. The zero-order valence-electron chi connectivity index (χ0n) is 14.0. The zero-order valence-corrected chi connectivity index (χ0v) is 14.0. The molecule has 0 unspecified atom stereocenters. The number of fused-ring (bicyclic) bond motifs is 1. The van der Waals surface area contributed by atoms with Crippen molar-refractivity contribution in [3.8, 4) is 11.4 Å². The Bertz CT molecular complexity index is 851. The van der Waals surface area contributed by atoms with Crippen LogP contribution in [0, 0.1) is 0 Å². The van der Waals surface area contributed by atoms with E-state index in [1.54, 1.807) is 0 Å². The van der Waals surface area contributed by atoms with Gasteiger partial charge >= 0.3 is 6.18 Å². The lowest BCUT2D eigenvalue weighted by molar-refractivity contribution is -0.137. The fraction of sp³-hybridized carbons (Fsp3) is 0.278. The molecule has 3 rings (SSSR count). The van der Waals surface area contributed by atoms with Gasteiger partial charge in [0.2, 0.25) is 0 Å². The lowest BCUT2D eigenvalue weighted by Crippen LogP contribution is -2.20. The van der Waals surface area contributed by atoms with E-state index >= 15 is 0 Å². The first-order valence-electron chi connectivity index (χ1n) is 7.89. The molecule has 2 N–H and O–H groups in total. The monoisotopic (exact) mass is 348 g/mol. The maximum Gasteiger partial charge on any atom is 0.416 e. The summed E-state index contributed by atoms with van der Waals surface area (Å²) in [5, 5.41) is 3.31. The molecule has 0 fully saturated rings. The van der Waals surface area contributed by atoms with Crippen molar-refractivity contribution < 1.29 is 13.2 Å². The number of anilines is 1. The van der Waals surface area contributed by atoms with E-state index in [-0.39, 0.29) is 0 Å². The lowest BCUT2D eigenvalue weighted by Gasteiger charge is -2.11. The number of rotatable bonds is 5. The molecule has 7 heteroatoms. The molecule has 0 atom stereocenters. The molecule has 4 nitrogen and oxygen atoms in total. The lowest BCUT2D eigenvalue weighted by atomic mass is 10.2. The van der Waals surface area contributed by atoms with Crippen LogP contribution in [-0.4, -0.2) is 42.1 Å². The number of H-pyrrole nitrogens is 1. The highest BCUT2D eigenvalue weighted by atomic mass is 19.4. The fourth-order valence-electron chi connectivity index (χ4n) is 2.49. The molecule has 0 saturated heterocycles. The molecule has 1 aromatic heterocycles. The largest absolute Gasteiger partial charge is 0.416 e. The summed E-state index contributed by atoms with van der Waals surface area (Å²) in [7, 11) is 4.02. The highest BCUT2D eigenvalue weighted by Gasteiger charge is 2.30. The third-order valence-electron chi connectivity index (χ3n) is 3.86. The zero-order chi connectivity index (χ0) is 18.0. The van der Waals surface area contributed by atoms with E-state index in [1.807, 2.05) is 38.4 Å². The van der Waals surface area contributed by atoms with Gasteiger partial charge in [-0.25, -0.2) is 4.98 Å². The van der Waals surface area contributed by atoms with Gasteiger partial charge in [-0.1, -0.05) is 0 Å². The van der Waals surface area contributed by atoms with Crippen molar-refractivity contribution in [3.63, 3.8) is 0 Å². The van der Waals surface area contributed by atoms with Crippen molar-refractivity contribution in [2.75, 3.05) is 32.5 Å². The number of imidazole rings is 1. The van der Waals surface area contributed by atoms with E-state index in [1.165, 1.54) is 6.07 Å². The fourth-order valence-corrected chi connectivity index (χ4v) is 2.49. The van der Waals surface area contributed by atoms with Crippen molar-refractivity contribution in [1.82, 2.24) is 14.9 Å². The first-order chi connectivity index (χ1) is 11.8. The van der Waals surface area contributed by atoms with Crippen LogP contribution in [0.3, 0.4) is 0 Å². The second kappa shape index (κ2) is 6.76. The van der Waals surface area contributed by atoms with Gasteiger partial charge in [0.25, 0.3) is 0 Å². The molecular formula is C18H19F3N4. The van der Waals surface area contributed by atoms with E-state index in [0.29, 0.717) is 16.9 Å². The second-order valence-electron chi connectivity index (χ2n) is 6.12. The minimum Gasteiger partial charge on any atom is -0.384 e. The van der Waals surface area contributed by atoms with Crippen molar-refractivity contribution in [3.05, 3.63) is 48.0 Å². The smallest absolute Gasteiger partial charge is 0.384 e. The van der Waals surface area contributed by atoms with Crippen LogP contribution in [0.4, 0.5) is 18.9 Å². The minimum absolute atomic E-state index is 0.304. The van der Waals surface area contributed by atoms with Gasteiger partial charge < -0.3 is 15.2 Å². The predicted octanol–water partition coefficient (Wildman–Crippen LogP) is 4.22. The van der Waals surface area contributed by atoms with Crippen LogP contribution in [0.2, 0.25) is 0 Å². The topological polar surface area (TPSA) is 44.0 Å². The van der Waals surface area contributed by atoms with Crippen LogP contribution in [0.1, 0.15) is 5.56 Å². The Morgan fingerprint density at radius 1 is 1.08 bits per heavy atom. The summed E-state index contributed by atoms with van der Waals surface area (Å²) in [4.78, 5) is 9.44. The summed E-state index contributed by atoms with van der Waals surface area (Å²) >= 11 is 0. The number of likely N-dealkylation sites (N-methyl/N-ethyl adjacent to an activating group) is 1. The molecule has 3 aromatic rings. The summed E-state index contributed by atoms with van der Waals surface area (Å²) < 4.78 is 38.4. The Balaban J connectivity index is 1.79. The Labute approximate surface area is 143 Å². The van der Waals surface area contributed by atoms with E-state index < -0.39 is 11.7 Å². The predicted molar refractivity (Wildman–Crippen MR) is 93.6 cm³/mol. The van der Waals surface area contributed by atoms with Crippen molar-refractivity contribution in [2.45, 2.75) is 6.18 Å². The highest BCUT2D eigenvalue weighted by Crippen LogP contribution is 2.31. The minimum atomic E-state index is -4.37. The standard InChI is InChI=1S/C18H19F3N4/c1-25(2)10-9-22-14-6-3-12(4-7-14)17-23-15-8-5-13(18(19,20)21)11-16(15)24-17/h3-8,11,22H,9-10H2,1-2H3,(H,23,24). The third-order valence-corrected chi connectivity index (χ3v) is 3.86. The number of nitrogens with one attached hydrogen (secondary N) is 2. The molecule has 0 aliphatic carbocycles. The Kier molecular flexibility index (Phi) is 4.67. The highest BCUT2D eigenvalue weighted by molar-refractivity contribution is 5.80. The van der Waals surface area contributed by atoms with Gasteiger partial charge in [-0.2, -0.15) is 13.2 Å². The Morgan fingerprint density at radius 2 is 1.80 bits per heavy atom. The number of halogens is 3. The molecule has 0 aliphatic heterocycles. The maximum absolute atomic E-state index is 12.8. The Morgan fingerprint density at radius 3 is 2.44 bits per heavy atom. The van der Waals surface area contributed by atoms with Gasteiger partial charge in [0.15, 0.2) is 0 Å². The molecule has 0 bridgehead atoms. The molecule has 0 aliphatic rings. The van der Waals surface area contributed by atoms with E-state index in [9.17, 15) is 13.2 Å². The molecule has 2 aromatic carbocycles. The number of aromatic amines is 1. The SMILES string of the molecule is CN(C)CCNc1ccc(-c2nc3cc(C(F)(F)F)ccc3[nH]2)cc1. The van der Waals surface area contributed by atoms with Crippen LogP contribution in [0.25, 0.3) is 22.4 Å².